The first-order valence-electron chi connectivity index (χ1n) is 3.43. The van der Waals surface area contributed by atoms with E-state index in [9.17, 15) is 0 Å². The van der Waals surface area contributed by atoms with Crippen LogP contribution in [-0.4, -0.2) is 61.2 Å². The molecule has 1 aliphatic rings. The van der Waals surface area contributed by atoms with Gasteiger partial charge < -0.3 is 30.6 Å². The van der Waals surface area contributed by atoms with Crippen molar-refractivity contribution in [2.45, 2.75) is 30.5 Å². The minimum Gasteiger partial charge on any atom is -0.387 e. The predicted molar refractivity (Wildman–Crippen MR) is 35.2 cm³/mol. The van der Waals surface area contributed by atoms with Crippen LogP contribution in [0.4, 0.5) is 0 Å². The molecule has 6 N–H and O–H groups in total. The fourth-order valence-electron chi connectivity index (χ4n) is 1.10. The van der Waals surface area contributed by atoms with E-state index in [0.717, 1.165) is 0 Å². The highest BCUT2D eigenvalue weighted by Crippen LogP contribution is 2.25. The summed E-state index contributed by atoms with van der Waals surface area (Å²) in [6.45, 7) is 0. The molecular formula is C6H11O6. The highest BCUT2D eigenvalue weighted by Gasteiger charge is 2.48. The van der Waals surface area contributed by atoms with Crippen molar-refractivity contribution in [1.82, 2.24) is 0 Å². The molecule has 0 amide bonds. The second kappa shape index (κ2) is 3.25. The van der Waals surface area contributed by atoms with E-state index in [1.807, 2.05) is 0 Å². The standard InChI is InChI=1S/C6H11O6/c7-1-2(8)4(10)6(12)5(11)3(1)9/h1-5,7-12H/t1?,2-,3-,4-,5+/m0/s1. The zero-order valence-corrected chi connectivity index (χ0v) is 6.07. The van der Waals surface area contributed by atoms with E-state index in [1.165, 1.54) is 0 Å². The number of rotatable bonds is 0. The van der Waals surface area contributed by atoms with E-state index >= 15 is 0 Å². The Balaban J connectivity index is 2.76. The Bertz CT molecular complexity index is 104. The van der Waals surface area contributed by atoms with E-state index in [0.29, 0.717) is 0 Å². The first-order valence-corrected chi connectivity index (χ1v) is 3.43. The lowest BCUT2D eigenvalue weighted by Gasteiger charge is -2.38. The minimum atomic E-state index is -1.72. The number of hydrogen-bond acceptors (Lipinski definition) is 6. The largest absolute Gasteiger partial charge is 0.387 e. The molecule has 1 rings (SSSR count). The quantitative estimate of drug-likeness (QED) is 0.232. The highest BCUT2D eigenvalue weighted by molar-refractivity contribution is 5.08. The molecule has 1 radical (unpaired) electrons. The first-order chi connectivity index (χ1) is 5.46. The van der Waals surface area contributed by atoms with Gasteiger partial charge in [0.2, 0.25) is 0 Å². The number of aliphatic hydroxyl groups excluding tert-OH is 6. The van der Waals surface area contributed by atoms with Crippen LogP contribution in [0.3, 0.4) is 0 Å². The topological polar surface area (TPSA) is 121 Å². The van der Waals surface area contributed by atoms with Crippen molar-refractivity contribution < 1.29 is 30.6 Å². The number of hydrogen-bond donors (Lipinski definition) is 6. The van der Waals surface area contributed by atoms with Gasteiger partial charge in [-0.05, 0) is 0 Å². The Hall–Kier alpha value is -0.240. The fourth-order valence-corrected chi connectivity index (χ4v) is 1.10. The third kappa shape index (κ3) is 1.33. The molecule has 0 aromatic carbocycles. The smallest absolute Gasteiger partial charge is 0.155 e. The average Bonchev–Trinajstić information content (AvgIpc) is 2.08. The van der Waals surface area contributed by atoms with Crippen LogP contribution in [0.2, 0.25) is 0 Å². The molecule has 6 nitrogen and oxygen atoms in total. The molecule has 0 aromatic rings. The van der Waals surface area contributed by atoms with Gasteiger partial charge in [0.05, 0.1) is 0 Å². The summed E-state index contributed by atoms with van der Waals surface area (Å²) < 4.78 is 0. The summed E-state index contributed by atoms with van der Waals surface area (Å²) in [4.78, 5) is 0. The van der Waals surface area contributed by atoms with Gasteiger partial charge >= 0.3 is 0 Å². The zero-order chi connectivity index (χ0) is 9.46. The third-order valence-electron chi connectivity index (χ3n) is 1.95. The van der Waals surface area contributed by atoms with Gasteiger partial charge in [0.15, 0.2) is 6.10 Å². The van der Waals surface area contributed by atoms with E-state index < -0.39 is 36.6 Å². The van der Waals surface area contributed by atoms with E-state index in [-0.39, 0.29) is 0 Å². The van der Waals surface area contributed by atoms with Gasteiger partial charge in [-0.15, -0.1) is 0 Å². The van der Waals surface area contributed by atoms with Crippen LogP contribution in [0.5, 0.6) is 0 Å². The van der Waals surface area contributed by atoms with Crippen LogP contribution in [0.15, 0.2) is 0 Å². The van der Waals surface area contributed by atoms with Gasteiger partial charge in [-0.25, -0.2) is 0 Å². The molecule has 0 aliphatic heterocycles. The van der Waals surface area contributed by atoms with Crippen LogP contribution < -0.4 is 0 Å². The molecule has 0 aromatic heterocycles. The molecule has 1 fully saturated rings. The SMILES string of the molecule is O[C]1[C@@H](O)[C@@H](O)C(O)[C@H](O)[C@H]1O. The minimum absolute atomic E-state index is 0.833. The van der Waals surface area contributed by atoms with Gasteiger partial charge in [-0.2, -0.15) is 0 Å². The summed E-state index contributed by atoms with van der Waals surface area (Å²) in [5.74, 6) is 0. The third-order valence-corrected chi connectivity index (χ3v) is 1.95. The molecular weight excluding hydrogens is 168 g/mol. The highest BCUT2D eigenvalue weighted by atomic mass is 16.4. The van der Waals surface area contributed by atoms with Gasteiger partial charge in [0, 0.05) is 0 Å². The van der Waals surface area contributed by atoms with Crippen LogP contribution >= 0.6 is 0 Å². The van der Waals surface area contributed by atoms with Crippen molar-refractivity contribution in [3.8, 4) is 0 Å². The number of aliphatic hydroxyl groups is 6. The lowest BCUT2D eigenvalue weighted by atomic mass is 9.85. The summed E-state index contributed by atoms with van der Waals surface area (Å²) in [6, 6.07) is 0. The van der Waals surface area contributed by atoms with Crippen molar-refractivity contribution >= 4 is 0 Å². The lowest BCUT2D eigenvalue weighted by Crippen LogP contribution is -2.60. The van der Waals surface area contributed by atoms with Crippen molar-refractivity contribution in [2.24, 2.45) is 0 Å². The lowest BCUT2D eigenvalue weighted by molar-refractivity contribution is -0.188. The molecule has 1 saturated carbocycles. The summed E-state index contributed by atoms with van der Waals surface area (Å²) >= 11 is 0. The summed E-state index contributed by atoms with van der Waals surface area (Å²) in [5.41, 5.74) is 0. The second-order valence-electron chi connectivity index (χ2n) is 2.79. The van der Waals surface area contributed by atoms with Gasteiger partial charge in [-0.3, -0.25) is 0 Å². The molecule has 71 valence electrons. The zero-order valence-electron chi connectivity index (χ0n) is 6.07. The maximum absolute atomic E-state index is 8.96. The molecule has 6 heteroatoms. The van der Waals surface area contributed by atoms with Crippen LogP contribution in [0.1, 0.15) is 0 Å². The second-order valence-corrected chi connectivity index (χ2v) is 2.79. The average molecular weight is 179 g/mol. The Kier molecular flexibility index (Phi) is 2.67. The molecule has 1 unspecified atom stereocenters. The van der Waals surface area contributed by atoms with Crippen molar-refractivity contribution in [3.63, 3.8) is 0 Å². The fraction of sp³-hybridized carbons (Fsp3) is 0.833. The maximum atomic E-state index is 8.96. The molecule has 5 atom stereocenters. The van der Waals surface area contributed by atoms with E-state index in [4.69, 9.17) is 30.6 Å². The summed E-state index contributed by atoms with van der Waals surface area (Å²) in [5, 5.41) is 53.6. The van der Waals surface area contributed by atoms with Crippen molar-refractivity contribution in [3.05, 3.63) is 6.10 Å². The molecule has 1 aliphatic carbocycles. The maximum Gasteiger partial charge on any atom is 0.155 e. The molecule has 0 heterocycles. The first kappa shape index (κ1) is 9.85. The Morgan fingerprint density at radius 1 is 0.667 bits per heavy atom. The summed E-state index contributed by atoms with van der Waals surface area (Å²) in [7, 11) is 0. The van der Waals surface area contributed by atoms with Gasteiger partial charge in [-0.1, -0.05) is 0 Å². The molecule has 0 spiro atoms. The van der Waals surface area contributed by atoms with Gasteiger partial charge in [0.25, 0.3) is 0 Å². The van der Waals surface area contributed by atoms with Crippen molar-refractivity contribution in [1.29, 1.82) is 0 Å². The monoisotopic (exact) mass is 179 g/mol. The van der Waals surface area contributed by atoms with Crippen molar-refractivity contribution in [2.75, 3.05) is 0 Å². The van der Waals surface area contributed by atoms with Crippen LogP contribution in [0, 0.1) is 6.10 Å². The van der Waals surface area contributed by atoms with Crippen LogP contribution in [0.25, 0.3) is 0 Å². The Labute approximate surface area is 68.3 Å². The van der Waals surface area contributed by atoms with Crippen LogP contribution in [-0.2, 0) is 0 Å². The Morgan fingerprint density at radius 2 is 1.00 bits per heavy atom. The molecule has 0 bridgehead atoms. The van der Waals surface area contributed by atoms with Gasteiger partial charge in [0.1, 0.15) is 30.5 Å². The summed E-state index contributed by atoms with van der Waals surface area (Å²) in [6.07, 6.45) is -9.30. The molecule has 12 heavy (non-hydrogen) atoms. The predicted octanol–water partition coefficient (Wildman–Crippen LogP) is -3.29. The molecule has 0 saturated heterocycles. The van der Waals surface area contributed by atoms with E-state index in [2.05, 4.69) is 0 Å². The Morgan fingerprint density at radius 3 is 1.33 bits per heavy atom. The van der Waals surface area contributed by atoms with E-state index in [1.54, 1.807) is 0 Å². The normalized spacial score (nSPS) is 51.0.